The van der Waals surface area contributed by atoms with Gasteiger partial charge < -0.3 is 37.1 Å². The lowest BCUT2D eigenvalue weighted by atomic mass is 9.47. The highest BCUT2D eigenvalue weighted by Crippen LogP contribution is 2.67. The Labute approximate surface area is 359 Å². The molecule has 4 aliphatic rings. The fourth-order valence-electron chi connectivity index (χ4n) is 12.0. The van der Waals surface area contributed by atoms with E-state index >= 15 is 0 Å². The van der Waals surface area contributed by atoms with Crippen molar-refractivity contribution in [2.24, 2.45) is 57.8 Å². The number of hydrogen-bond donors (Lipinski definition) is 6. The minimum Gasteiger partial charge on any atom is -0.446 e. The van der Waals surface area contributed by atoms with Crippen LogP contribution in [0.2, 0.25) is 0 Å². The lowest BCUT2D eigenvalue weighted by Crippen LogP contribution is -2.52. The fraction of sp³-hybridized carbons (Fsp3) is 0.894. The summed E-state index contributed by atoms with van der Waals surface area (Å²) in [7, 11) is 0. The number of alkyl carbamates (subject to hydrolysis) is 1. The zero-order valence-electron chi connectivity index (χ0n) is 37.5. The fourth-order valence-corrected chi connectivity index (χ4v) is 12.2. The van der Waals surface area contributed by atoms with Crippen LogP contribution in [0, 0.1) is 46.3 Å². The Morgan fingerprint density at radius 2 is 1.60 bits per heavy atom. The number of hydrogen-bond acceptors (Lipinski definition) is 8. The highest BCUT2D eigenvalue weighted by Gasteiger charge is 2.59. The number of carbonyl (C=O) groups is 3. The molecule has 7 N–H and O–H groups in total. The zero-order chi connectivity index (χ0) is 42.1. The number of thiol groups is 1. The van der Waals surface area contributed by atoms with Crippen molar-refractivity contribution < 1.29 is 19.1 Å². The Balaban J connectivity index is 1.36. The number of nitrogens with one attached hydrogen (secondary N) is 3. The van der Waals surface area contributed by atoms with Gasteiger partial charge in [0, 0.05) is 32.5 Å². The van der Waals surface area contributed by atoms with Gasteiger partial charge in [0.15, 0.2) is 0 Å². The summed E-state index contributed by atoms with van der Waals surface area (Å²) >= 11 is 4.15. The molecule has 4 aliphatic carbocycles. The Morgan fingerprint density at radius 1 is 0.862 bits per heavy atom. The Kier molecular flexibility index (Phi) is 20.7. The van der Waals surface area contributed by atoms with E-state index in [1.54, 1.807) is 0 Å². The lowest BCUT2D eigenvalue weighted by Gasteiger charge is -2.58. The van der Waals surface area contributed by atoms with Gasteiger partial charge in [0.25, 0.3) is 0 Å². The first-order valence-corrected chi connectivity index (χ1v) is 24.4. The van der Waals surface area contributed by atoms with E-state index in [4.69, 9.17) is 16.2 Å². The van der Waals surface area contributed by atoms with Gasteiger partial charge in [-0.2, -0.15) is 12.6 Å². The molecule has 0 heterocycles. The molecule has 3 fully saturated rings. The number of amides is 3. The molecule has 334 valence electrons. The summed E-state index contributed by atoms with van der Waals surface area (Å²) in [5.41, 5.74) is 13.6. The number of rotatable bonds is 26. The molecule has 10 nitrogen and oxygen atoms in total. The molecule has 0 bridgehead atoms. The summed E-state index contributed by atoms with van der Waals surface area (Å²) in [6, 6.07) is -0.700. The predicted octanol–water partition coefficient (Wildman–Crippen LogP) is 7.99. The topological polar surface area (TPSA) is 152 Å². The van der Waals surface area contributed by atoms with E-state index in [-0.39, 0.29) is 23.3 Å². The van der Waals surface area contributed by atoms with E-state index in [1.807, 2.05) is 4.90 Å². The highest BCUT2D eigenvalue weighted by atomic mass is 32.1. The third kappa shape index (κ3) is 13.6. The maximum absolute atomic E-state index is 14.1. The largest absolute Gasteiger partial charge is 0.446 e. The number of allylic oxidation sites excluding steroid dienone is 1. The van der Waals surface area contributed by atoms with E-state index in [1.165, 1.54) is 50.5 Å². The molecular formula is C47H86N6O4S. The van der Waals surface area contributed by atoms with Gasteiger partial charge in [0.1, 0.15) is 12.1 Å². The minimum absolute atomic E-state index is 0.0198. The van der Waals surface area contributed by atoms with Crippen molar-refractivity contribution in [1.29, 1.82) is 0 Å². The van der Waals surface area contributed by atoms with Gasteiger partial charge in [-0.1, -0.05) is 65.5 Å². The molecular weight excluding hydrogens is 745 g/mol. The van der Waals surface area contributed by atoms with Gasteiger partial charge in [-0.05, 0) is 168 Å². The third-order valence-electron chi connectivity index (χ3n) is 15.2. The summed E-state index contributed by atoms with van der Waals surface area (Å²) in [6.45, 7) is 17.1. The van der Waals surface area contributed by atoms with Gasteiger partial charge in [-0.15, -0.1) is 0 Å². The number of ether oxygens (including phenoxy) is 1. The molecule has 0 aromatic rings. The van der Waals surface area contributed by atoms with Crippen LogP contribution in [-0.2, 0) is 14.3 Å². The van der Waals surface area contributed by atoms with Crippen LogP contribution >= 0.6 is 12.6 Å². The monoisotopic (exact) mass is 831 g/mol. The van der Waals surface area contributed by atoms with Crippen LogP contribution in [0.5, 0.6) is 0 Å². The predicted molar refractivity (Wildman–Crippen MR) is 242 cm³/mol. The maximum Gasteiger partial charge on any atom is 0.408 e. The smallest absolute Gasteiger partial charge is 0.408 e. The summed E-state index contributed by atoms with van der Waals surface area (Å²) in [4.78, 5) is 41.7. The number of carbonyl (C=O) groups excluding carboxylic acids is 3. The molecule has 9 unspecified atom stereocenters. The molecule has 0 aromatic heterocycles. The van der Waals surface area contributed by atoms with Crippen LogP contribution in [0.15, 0.2) is 11.6 Å². The summed E-state index contributed by atoms with van der Waals surface area (Å²) in [5.74, 6) is 5.16. The summed E-state index contributed by atoms with van der Waals surface area (Å²) in [5, 5.41) is 9.37. The van der Waals surface area contributed by atoms with Crippen LogP contribution in [0.3, 0.4) is 0 Å². The standard InChI is InChI=1S/C47H86N6O4S/c1-34(2)13-10-14-35(3)39-18-19-40-38-17-16-36-33-37(20-23-46(36,4)41(38)21-24-47(39,40)5)57-45(56)52-42(15-6-7-29-51-43(54)22-32-58)44(55)53(31-12-26-49)30-9-8-27-50-28-11-25-48/h16,34-35,37-42,50,58H,6-15,17-33,48-49H2,1-5H3,(H,51,54)(H,52,56). The molecule has 0 spiro atoms. The van der Waals surface area contributed by atoms with Crippen molar-refractivity contribution >= 4 is 30.5 Å². The van der Waals surface area contributed by atoms with Crippen molar-refractivity contribution in [2.45, 2.75) is 169 Å². The van der Waals surface area contributed by atoms with E-state index in [0.717, 1.165) is 87.6 Å². The second-order valence-corrected chi connectivity index (χ2v) is 20.1. The maximum atomic E-state index is 14.1. The molecule has 11 heteroatoms. The van der Waals surface area contributed by atoms with E-state index < -0.39 is 12.1 Å². The molecule has 4 rings (SSSR count). The van der Waals surface area contributed by atoms with Crippen molar-refractivity contribution in [3.63, 3.8) is 0 Å². The Morgan fingerprint density at radius 3 is 2.34 bits per heavy atom. The quantitative estimate of drug-likeness (QED) is 0.0294. The second kappa shape index (κ2) is 24.6. The average Bonchev–Trinajstić information content (AvgIpc) is 3.55. The summed E-state index contributed by atoms with van der Waals surface area (Å²) in [6.07, 6.45) is 21.0. The number of fused-ring (bicyclic) bond motifs is 5. The molecule has 0 saturated heterocycles. The van der Waals surface area contributed by atoms with Gasteiger partial charge in [0.05, 0.1) is 0 Å². The molecule has 9 atom stereocenters. The van der Waals surface area contributed by atoms with E-state index in [2.05, 4.69) is 69.3 Å². The molecule has 0 radical (unpaired) electrons. The molecule has 3 amide bonds. The van der Waals surface area contributed by atoms with Gasteiger partial charge in [-0.3, -0.25) is 9.59 Å². The minimum atomic E-state index is -0.700. The van der Waals surface area contributed by atoms with E-state index in [9.17, 15) is 14.4 Å². The van der Waals surface area contributed by atoms with Crippen LogP contribution in [-0.4, -0.2) is 86.5 Å². The zero-order valence-corrected chi connectivity index (χ0v) is 38.4. The van der Waals surface area contributed by atoms with Crippen LogP contribution in [0.25, 0.3) is 0 Å². The Hall–Kier alpha value is -1.82. The molecule has 58 heavy (non-hydrogen) atoms. The van der Waals surface area contributed by atoms with E-state index in [0.29, 0.717) is 81.9 Å². The third-order valence-corrected chi connectivity index (χ3v) is 15.5. The molecule has 0 aromatic carbocycles. The van der Waals surface area contributed by atoms with Gasteiger partial charge in [-0.25, -0.2) is 4.79 Å². The number of nitrogens with two attached hydrogens (primary N) is 2. The van der Waals surface area contributed by atoms with Gasteiger partial charge in [0.2, 0.25) is 11.8 Å². The molecule has 0 aliphatic heterocycles. The van der Waals surface area contributed by atoms with Gasteiger partial charge >= 0.3 is 6.09 Å². The first kappa shape index (κ1) is 48.8. The highest BCUT2D eigenvalue weighted by molar-refractivity contribution is 7.80. The van der Waals surface area contributed by atoms with Crippen LogP contribution < -0.4 is 27.4 Å². The first-order valence-electron chi connectivity index (χ1n) is 23.8. The lowest BCUT2D eigenvalue weighted by molar-refractivity contribution is -0.133. The Bertz CT molecular complexity index is 1300. The van der Waals surface area contributed by atoms with Crippen molar-refractivity contribution in [2.75, 3.05) is 51.6 Å². The van der Waals surface area contributed by atoms with Crippen molar-refractivity contribution in [3.05, 3.63) is 11.6 Å². The van der Waals surface area contributed by atoms with Crippen LogP contribution in [0.1, 0.15) is 157 Å². The normalized spacial score (nSPS) is 28.8. The van der Waals surface area contributed by atoms with Crippen LogP contribution in [0.4, 0.5) is 4.79 Å². The molecule has 3 saturated carbocycles. The van der Waals surface area contributed by atoms with Crippen molar-refractivity contribution in [1.82, 2.24) is 20.9 Å². The summed E-state index contributed by atoms with van der Waals surface area (Å²) < 4.78 is 6.20. The second-order valence-electron chi connectivity index (χ2n) is 19.6. The SMILES string of the molecule is CC(C)CCCC(C)C1CCC2C3CC=C4CC(OC(=O)NC(CCCCNC(=O)CCS)C(=O)N(CCCN)CCCCNCCCN)CCC4(C)C3CCC12C. The number of unbranched alkanes of at least 4 members (excludes halogenated alkanes) is 2. The average molecular weight is 831 g/mol. The number of nitrogens with zero attached hydrogens (tertiary/aromatic N) is 1. The first-order chi connectivity index (χ1) is 27.9. The van der Waals surface area contributed by atoms with Crippen molar-refractivity contribution in [3.8, 4) is 0 Å².